The Kier molecular flexibility index (Phi) is 3.35. The van der Waals surface area contributed by atoms with E-state index >= 15 is 0 Å². The minimum atomic E-state index is 0.344. The van der Waals surface area contributed by atoms with Crippen LogP contribution >= 0.6 is 0 Å². The Hall–Kier alpha value is -3.41. The lowest BCUT2D eigenvalue weighted by Crippen LogP contribution is -1.94. The number of anilines is 1. The molecule has 2 N–H and O–H groups in total. The van der Waals surface area contributed by atoms with Crippen LogP contribution in [0.3, 0.4) is 0 Å². The first-order valence-corrected chi connectivity index (χ1v) is 7.45. The van der Waals surface area contributed by atoms with E-state index in [4.69, 9.17) is 10.5 Å². The van der Waals surface area contributed by atoms with Crippen LogP contribution in [0.5, 0.6) is 6.01 Å². The van der Waals surface area contributed by atoms with Gasteiger partial charge in [-0.1, -0.05) is 12.1 Å². The van der Waals surface area contributed by atoms with Crippen LogP contribution in [-0.4, -0.2) is 26.5 Å². The van der Waals surface area contributed by atoms with Gasteiger partial charge >= 0.3 is 6.01 Å². The minimum absolute atomic E-state index is 0.344. The standard InChI is InChI=1S/C18H15N5O/c1-24-18-20-7-5-15(22-18)12-6-8-23-16(11-21-17(23)10-12)13-3-2-4-14(19)9-13/h2-11H,19H2,1H3. The van der Waals surface area contributed by atoms with E-state index in [2.05, 4.69) is 15.0 Å². The summed E-state index contributed by atoms with van der Waals surface area (Å²) in [6.45, 7) is 0. The highest BCUT2D eigenvalue weighted by molar-refractivity contribution is 5.70. The molecule has 6 nitrogen and oxygen atoms in total. The van der Waals surface area contributed by atoms with Crippen molar-refractivity contribution in [1.82, 2.24) is 19.4 Å². The molecule has 0 spiro atoms. The number of ether oxygens (including phenoxy) is 1. The monoisotopic (exact) mass is 317 g/mol. The lowest BCUT2D eigenvalue weighted by Gasteiger charge is -2.06. The number of pyridine rings is 1. The van der Waals surface area contributed by atoms with E-state index in [1.165, 1.54) is 0 Å². The predicted octanol–water partition coefficient (Wildman–Crippen LogP) is 3.05. The van der Waals surface area contributed by atoms with Gasteiger partial charge in [0.05, 0.1) is 24.7 Å². The van der Waals surface area contributed by atoms with Gasteiger partial charge in [0.2, 0.25) is 0 Å². The van der Waals surface area contributed by atoms with Crippen LogP contribution in [0.4, 0.5) is 5.69 Å². The summed E-state index contributed by atoms with van der Waals surface area (Å²) in [4.78, 5) is 12.9. The molecular formula is C18H15N5O. The van der Waals surface area contributed by atoms with Crippen molar-refractivity contribution < 1.29 is 4.74 Å². The number of nitrogens with two attached hydrogens (primary N) is 1. The van der Waals surface area contributed by atoms with Gasteiger partial charge in [-0.2, -0.15) is 4.98 Å². The highest BCUT2D eigenvalue weighted by Crippen LogP contribution is 2.25. The second kappa shape index (κ2) is 5.66. The van der Waals surface area contributed by atoms with Crippen LogP contribution in [0, 0.1) is 0 Å². The SMILES string of the molecule is COc1nccc(-c2ccn3c(-c4cccc(N)c4)cnc3c2)n1. The molecule has 3 aromatic heterocycles. The van der Waals surface area contributed by atoms with Crippen LogP contribution in [-0.2, 0) is 0 Å². The summed E-state index contributed by atoms with van der Waals surface area (Å²) < 4.78 is 7.11. The number of aromatic nitrogens is 4. The molecule has 0 saturated heterocycles. The molecule has 0 fully saturated rings. The van der Waals surface area contributed by atoms with Crippen molar-refractivity contribution >= 4 is 11.3 Å². The number of nitrogens with zero attached hydrogens (tertiary/aromatic N) is 4. The van der Waals surface area contributed by atoms with E-state index in [0.717, 1.165) is 33.8 Å². The first kappa shape index (κ1) is 14.2. The van der Waals surface area contributed by atoms with Crippen LogP contribution in [0.1, 0.15) is 0 Å². The Balaban J connectivity index is 1.80. The van der Waals surface area contributed by atoms with Crippen molar-refractivity contribution in [1.29, 1.82) is 0 Å². The van der Waals surface area contributed by atoms with Gasteiger partial charge in [0, 0.05) is 29.2 Å². The smallest absolute Gasteiger partial charge is 0.316 e. The van der Waals surface area contributed by atoms with Crippen LogP contribution in [0.15, 0.2) is 61.1 Å². The molecule has 0 radical (unpaired) electrons. The molecule has 0 amide bonds. The Morgan fingerprint density at radius 2 is 1.96 bits per heavy atom. The molecule has 1 aromatic carbocycles. The van der Waals surface area contributed by atoms with Crippen LogP contribution in [0.25, 0.3) is 28.2 Å². The lowest BCUT2D eigenvalue weighted by atomic mass is 10.1. The molecule has 0 aliphatic heterocycles. The predicted molar refractivity (Wildman–Crippen MR) is 92.6 cm³/mol. The number of nitrogen functional groups attached to an aromatic ring is 1. The third kappa shape index (κ3) is 2.44. The second-order valence-corrected chi connectivity index (χ2v) is 5.34. The van der Waals surface area contributed by atoms with Gasteiger partial charge in [-0.05, 0) is 30.3 Å². The summed E-state index contributed by atoms with van der Waals surface area (Å²) in [5, 5.41) is 0. The van der Waals surface area contributed by atoms with E-state index in [1.807, 2.05) is 59.3 Å². The molecule has 0 aliphatic rings. The lowest BCUT2D eigenvalue weighted by molar-refractivity contribution is 0.380. The van der Waals surface area contributed by atoms with Gasteiger partial charge in [-0.25, -0.2) is 9.97 Å². The van der Waals surface area contributed by atoms with Crippen molar-refractivity contribution in [3.8, 4) is 28.5 Å². The largest absolute Gasteiger partial charge is 0.467 e. The van der Waals surface area contributed by atoms with Crippen molar-refractivity contribution in [2.45, 2.75) is 0 Å². The number of hydrogen-bond donors (Lipinski definition) is 1. The van der Waals surface area contributed by atoms with E-state index in [0.29, 0.717) is 6.01 Å². The average Bonchev–Trinajstić information content (AvgIpc) is 3.05. The number of methoxy groups -OCH3 is 1. The average molecular weight is 317 g/mol. The number of fused-ring (bicyclic) bond motifs is 1. The molecule has 4 aromatic rings. The van der Waals surface area contributed by atoms with E-state index in [1.54, 1.807) is 13.3 Å². The van der Waals surface area contributed by atoms with Gasteiger partial charge in [0.15, 0.2) is 0 Å². The summed E-state index contributed by atoms with van der Waals surface area (Å²) in [5.41, 5.74) is 11.2. The molecule has 0 atom stereocenters. The van der Waals surface area contributed by atoms with Gasteiger partial charge in [-0.3, -0.25) is 4.40 Å². The van der Waals surface area contributed by atoms with Gasteiger partial charge in [0.1, 0.15) is 5.65 Å². The van der Waals surface area contributed by atoms with E-state index in [9.17, 15) is 0 Å². The molecule has 3 heterocycles. The second-order valence-electron chi connectivity index (χ2n) is 5.34. The molecule has 24 heavy (non-hydrogen) atoms. The van der Waals surface area contributed by atoms with Crippen LogP contribution < -0.4 is 10.5 Å². The molecule has 0 saturated carbocycles. The Morgan fingerprint density at radius 1 is 1.04 bits per heavy atom. The van der Waals surface area contributed by atoms with Crippen molar-refractivity contribution in [3.63, 3.8) is 0 Å². The topological polar surface area (TPSA) is 78.3 Å². The van der Waals surface area contributed by atoms with Gasteiger partial charge < -0.3 is 10.5 Å². The highest BCUT2D eigenvalue weighted by Gasteiger charge is 2.09. The normalized spacial score (nSPS) is 10.9. The summed E-state index contributed by atoms with van der Waals surface area (Å²) in [6.07, 6.45) is 5.49. The molecule has 4 rings (SSSR count). The van der Waals surface area contributed by atoms with Crippen LogP contribution in [0.2, 0.25) is 0 Å². The van der Waals surface area contributed by atoms with E-state index < -0.39 is 0 Å². The third-order valence-electron chi connectivity index (χ3n) is 3.81. The van der Waals surface area contributed by atoms with Gasteiger partial charge in [-0.15, -0.1) is 0 Å². The van der Waals surface area contributed by atoms with E-state index in [-0.39, 0.29) is 0 Å². The summed E-state index contributed by atoms with van der Waals surface area (Å²) in [7, 11) is 1.55. The van der Waals surface area contributed by atoms with Gasteiger partial charge in [0.25, 0.3) is 0 Å². The number of imidazole rings is 1. The summed E-state index contributed by atoms with van der Waals surface area (Å²) in [5.74, 6) is 0. The first-order valence-electron chi connectivity index (χ1n) is 7.45. The quantitative estimate of drug-likeness (QED) is 0.588. The number of rotatable bonds is 3. The minimum Gasteiger partial charge on any atom is -0.467 e. The molecule has 6 heteroatoms. The summed E-state index contributed by atoms with van der Waals surface area (Å²) in [6, 6.07) is 13.9. The maximum absolute atomic E-state index is 5.88. The van der Waals surface area contributed by atoms with Crippen molar-refractivity contribution in [2.75, 3.05) is 12.8 Å². The zero-order valence-electron chi connectivity index (χ0n) is 13.0. The van der Waals surface area contributed by atoms with Crippen molar-refractivity contribution in [3.05, 3.63) is 61.1 Å². The fourth-order valence-corrected chi connectivity index (χ4v) is 2.65. The first-order chi connectivity index (χ1) is 11.7. The molecular weight excluding hydrogens is 302 g/mol. The molecule has 118 valence electrons. The fourth-order valence-electron chi connectivity index (χ4n) is 2.65. The third-order valence-corrected chi connectivity index (χ3v) is 3.81. The Labute approximate surface area is 138 Å². The summed E-state index contributed by atoms with van der Waals surface area (Å²) >= 11 is 0. The molecule has 0 unspecified atom stereocenters. The zero-order chi connectivity index (χ0) is 16.5. The number of hydrogen-bond acceptors (Lipinski definition) is 5. The number of benzene rings is 1. The molecule has 0 bridgehead atoms. The maximum Gasteiger partial charge on any atom is 0.316 e. The highest BCUT2D eigenvalue weighted by atomic mass is 16.5. The maximum atomic E-state index is 5.88. The Bertz CT molecular complexity index is 1020. The fraction of sp³-hybridized carbons (Fsp3) is 0.0556. The zero-order valence-corrected chi connectivity index (χ0v) is 13.0. The Morgan fingerprint density at radius 3 is 2.79 bits per heavy atom. The van der Waals surface area contributed by atoms with Crippen molar-refractivity contribution in [2.24, 2.45) is 0 Å². The molecule has 0 aliphatic carbocycles.